The number of likely N-dealkylation sites (tertiary alicyclic amines) is 1. The van der Waals surface area contributed by atoms with Gasteiger partial charge in [-0.05, 0) is 37.6 Å². The number of methoxy groups -OCH3 is 3. The molecule has 0 saturated carbocycles. The number of H-pyrrole nitrogens is 1. The first-order chi connectivity index (χ1) is 17.0. The first kappa shape index (κ1) is 23.3. The van der Waals surface area contributed by atoms with Crippen LogP contribution in [0.25, 0.3) is 10.9 Å². The molecule has 0 amide bonds. The van der Waals surface area contributed by atoms with Crippen molar-refractivity contribution in [2.45, 2.75) is 25.3 Å². The molecule has 3 aromatic rings. The average Bonchev–Trinajstić information content (AvgIpc) is 3.30. The number of rotatable bonds is 8. The summed E-state index contributed by atoms with van der Waals surface area (Å²) in [4.78, 5) is 30.9. The van der Waals surface area contributed by atoms with Crippen LogP contribution in [0.15, 0.2) is 39.9 Å². The molecule has 0 bridgehead atoms. The standard InChI is InChI=1S/C26H31N3O6/c1-32-20-7-6-8-21-24(20)18-14-28(13-16(18)15-35-21)9-4-5-10-29-25(30)17-11-22(33-2)23(34-3)12-19(17)27-26(29)31/h6-8,11-12,16,18H,4-5,9-10,13-15H2,1-3H3,(H,27,31)/t16-,18+/m1/s1. The van der Waals surface area contributed by atoms with Gasteiger partial charge in [-0.2, -0.15) is 0 Å². The quantitative estimate of drug-likeness (QED) is 0.494. The van der Waals surface area contributed by atoms with Crippen molar-refractivity contribution >= 4 is 10.9 Å². The molecule has 2 aliphatic rings. The summed E-state index contributed by atoms with van der Waals surface area (Å²) >= 11 is 0. The minimum absolute atomic E-state index is 0.322. The lowest BCUT2D eigenvalue weighted by atomic mass is 9.86. The van der Waals surface area contributed by atoms with E-state index >= 15 is 0 Å². The Morgan fingerprint density at radius 2 is 1.71 bits per heavy atom. The van der Waals surface area contributed by atoms with Gasteiger partial charge in [-0.25, -0.2) is 4.79 Å². The Hall–Kier alpha value is -3.46. The van der Waals surface area contributed by atoms with E-state index in [9.17, 15) is 9.59 Å². The smallest absolute Gasteiger partial charge is 0.328 e. The maximum atomic E-state index is 13.0. The van der Waals surface area contributed by atoms with Crippen LogP contribution in [-0.2, 0) is 6.54 Å². The molecule has 35 heavy (non-hydrogen) atoms. The van der Waals surface area contributed by atoms with Crippen molar-refractivity contribution in [3.8, 4) is 23.0 Å². The molecule has 1 saturated heterocycles. The Kier molecular flexibility index (Phi) is 6.42. The van der Waals surface area contributed by atoms with Gasteiger partial charge in [0.05, 0.1) is 38.8 Å². The van der Waals surface area contributed by atoms with Crippen LogP contribution in [0.3, 0.4) is 0 Å². The van der Waals surface area contributed by atoms with Gasteiger partial charge in [-0.1, -0.05) is 6.07 Å². The summed E-state index contributed by atoms with van der Waals surface area (Å²) in [6, 6.07) is 9.21. The SMILES string of the molecule is COc1cc2[nH]c(=O)n(CCCCN3C[C@@H]4COc5cccc(OC)c5[C@H]4C3)c(=O)c2cc1OC. The van der Waals surface area contributed by atoms with Gasteiger partial charge in [0, 0.05) is 43.1 Å². The summed E-state index contributed by atoms with van der Waals surface area (Å²) in [6.45, 7) is 3.92. The van der Waals surface area contributed by atoms with Crippen LogP contribution >= 0.6 is 0 Å². The van der Waals surface area contributed by atoms with Crippen molar-refractivity contribution in [2.75, 3.05) is 47.6 Å². The zero-order valence-corrected chi connectivity index (χ0v) is 20.3. The number of aromatic amines is 1. The summed E-state index contributed by atoms with van der Waals surface area (Å²) < 4.78 is 23.5. The Bertz CT molecular complexity index is 1330. The first-order valence-corrected chi connectivity index (χ1v) is 11.9. The molecule has 3 heterocycles. The van der Waals surface area contributed by atoms with E-state index in [1.807, 2.05) is 18.2 Å². The molecular weight excluding hydrogens is 450 g/mol. The Morgan fingerprint density at radius 3 is 2.49 bits per heavy atom. The lowest BCUT2D eigenvalue weighted by Gasteiger charge is -2.29. The number of nitrogens with zero attached hydrogens (tertiary/aromatic N) is 2. The summed E-state index contributed by atoms with van der Waals surface area (Å²) in [5.41, 5.74) is 0.877. The predicted octanol–water partition coefficient (Wildman–Crippen LogP) is 2.60. The number of nitrogens with one attached hydrogen (secondary N) is 1. The minimum Gasteiger partial charge on any atom is -0.496 e. The van der Waals surface area contributed by atoms with Crippen LogP contribution in [0, 0.1) is 5.92 Å². The van der Waals surface area contributed by atoms with E-state index in [2.05, 4.69) is 9.88 Å². The van der Waals surface area contributed by atoms with Gasteiger partial charge in [0.2, 0.25) is 0 Å². The fourth-order valence-electron chi connectivity index (χ4n) is 5.42. The molecule has 1 fully saturated rings. The van der Waals surface area contributed by atoms with Crippen molar-refractivity contribution in [2.24, 2.45) is 5.92 Å². The molecule has 5 rings (SSSR count). The van der Waals surface area contributed by atoms with Crippen LogP contribution in [0.5, 0.6) is 23.0 Å². The molecular formula is C26H31N3O6. The topological polar surface area (TPSA) is 95.0 Å². The molecule has 9 heteroatoms. The Balaban J connectivity index is 1.24. The van der Waals surface area contributed by atoms with Crippen molar-refractivity contribution in [3.05, 3.63) is 56.7 Å². The number of unbranched alkanes of at least 4 members (excludes halogenated alkanes) is 1. The van der Waals surface area contributed by atoms with E-state index in [1.165, 1.54) is 24.4 Å². The average molecular weight is 482 g/mol. The zero-order valence-electron chi connectivity index (χ0n) is 20.3. The number of hydrogen-bond donors (Lipinski definition) is 1. The highest BCUT2D eigenvalue weighted by Gasteiger charge is 2.40. The van der Waals surface area contributed by atoms with E-state index in [4.69, 9.17) is 18.9 Å². The molecule has 1 aromatic heterocycles. The molecule has 0 unspecified atom stereocenters. The maximum absolute atomic E-state index is 13.0. The van der Waals surface area contributed by atoms with Crippen LogP contribution in [0.4, 0.5) is 0 Å². The summed E-state index contributed by atoms with van der Waals surface area (Å²) in [5, 5.41) is 0.401. The molecule has 0 aliphatic carbocycles. The van der Waals surface area contributed by atoms with E-state index in [0.29, 0.717) is 40.8 Å². The fraction of sp³-hybridized carbons (Fsp3) is 0.462. The number of ether oxygens (including phenoxy) is 4. The number of hydrogen-bond acceptors (Lipinski definition) is 7. The van der Waals surface area contributed by atoms with Crippen molar-refractivity contribution in [1.29, 1.82) is 0 Å². The van der Waals surface area contributed by atoms with Gasteiger partial charge >= 0.3 is 5.69 Å². The van der Waals surface area contributed by atoms with Gasteiger partial charge < -0.3 is 28.8 Å². The van der Waals surface area contributed by atoms with Gasteiger partial charge in [0.1, 0.15) is 11.5 Å². The molecule has 1 N–H and O–H groups in total. The summed E-state index contributed by atoms with van der Waals surface area (Å²) in [5.74, 6) is 3.57. The van der Waals surface area contributed by atoms with Crippen molar-refractivity contribution in [3.63, 3.8) is 0 Å². The Morgan fingerprint density at radius 1 is 0.971 bits per heavy atom. The highest BCUT2D eigenvalue weighted by molar-refractivity contribution is 5.81. The molecule has 2 aromatic carbocycles. The third-order valence-electron chi connectivity index (χ3n) is 7.18. The third kappa shape index (κ3) is 4.25. The minimum atomic E-state index is -0.414. The largest absolute Gasteiger partial charge is 0.496 e. The normalized spacial score (nSPS) is 19.2. The van der Waals surface area contributed by atoms with E-state index < -0.39 is 5.69 Å². The van der Waals surface area contributed by atoms with Crippen LogP contribution < -0.4 is 30.2 Å². The van der Waals surface area contributed by atoms with Crippen LogP contribution in [-0.4, -0.2) is 62.0 Å². The number of benzene rings is 2. The first-order valence-electron chi connectivity index (χ1n) is 11.9. The molecule has 2 aliphatic heterocycles. The predicted molar refractivity (Wildman–Crippen MR) is 132 cm³/mol. The molecule has 0 spiro atoms. The van der Waals surface area contributed by atoms with E-state index in [0.717, 1.165) is 50.6 Å². The number of aromatic nitrogens is 2. The second-order valence-corrected chi connectivity index (χ2v) is 9.16. The maximum Gasteiger partial charge on any atom is 0.328 e. The number of fused-ring (bicyclic) bond motifs is 4. The second-order valence-electron chi connectivity index (χ2n) is 9.16. The molecule has 186 valence electrons. The van der Waals surface area contributed by atoms with Gasteiger partial charge in [0.25, 0.3) is 5.56 Å². The summed E-state index contributed by atoms with van der Waals surface area (Å²) in [7, 11) is 4.73. The van der Waals surface area contributed by atoms with Crippen LogP contribution in [0.1, 0.15) is 24.3 Å². The van der Waals surface area contributed by atoms with Gasteiger partial charge in [0.15, 0.2) is 11.5 Å². The molecule has 0 radical (unpaired) electrons. The molecule has 9 nitrogen and oxygen atoms in total. The lowest BCUT2D eigenvalue weighted by Crippen LogP contribution is -2.35. The third-order valence-corrected chi connectivity index (χ3v) is 7.18. The Labute approximate surface area is 203 Å². The second kappa shape index (κ2) is 9.65. The van der Waals surface area contributed by atoms with Gasteiger partial charge in [-0.3, -0.25) is 9.36 Å². The highest BCUT2D eigenvalue weighted by Crippen LogP contribution is 2.46. The monoisotopic (exact) mass is 481 g/mol. The van der Waals surface area contributed by atoms with Crippen molar-refractivity contribution < 1.29 is 18.9 Å². The van der Waals surface area contributed by atoms with Crippen molar-refractivity contribution in [1.82, 2.24) is 14.5 Å². The van der Waals surface area contributed by atoms with Crippen LogP contribution in [0.2, 0.25) is 0 Å². The lowest BCUT2D eigenvalue weighted by molar-refractivity contribution is 0.209. The molecule has 2 atom stereocenters. The van der Waals surface area contributed by atoms with Gasteiger partial charge in [-0.15, -0.1) is 0 Å². The van der Waals surface area contributed by atoms with E-state index in [1.54, 1.807) is 19.2 Å². The fourth-order valence-corrected chi connectivity index (χ4v) is 5.42. The van der Waals surface area contributed by atoms with E-state index in [-0.39, 0.29) is 5.56 Å². The zero-order chi connectivity index (χ0) is 24.5. The summed E-state index contributed by atoms with van der Waals surface area (Å²) in [6.07, 6.45) is 1.61. The highest BCUT2D eigenvalue weighted by atomic mass is 16.5.